The second-order valence-corrected chi connectivity index (χ2v) is 8.77. The van der Waals surface area contributed by atoms with E-state index in [1.54, 1.807) is 14.2 Å². The molecule has 3 N–H and O–H groups in total. The average Bonchev–Trinajstić information content (AvgIpc) is 3.24. The van der Waals surface area contributed by atoms with Gasteiger partial charge in [-0.05, 0) is 56.8 Å². The Morgan fingerprint density at radius 1 is 1.06 bits per heavy atom. The van der Waals surface area contributed by atoms with Crippen molar-refractivity contribution in [2.75, 3.05) is 60.0 Å². The highest BCUT2D eigenvalue weighted by Crippen LogP contribution is 2.24. The van der Waals surface area contributed by atoms with Crippen LogP contribution in [0.2, 0.25) is 0 Å². The van der Waals surface area contributed by atoms with Crippen LogP contribution in [0.25, 0.3) is 0 Å². The zero-order chi connectivity index (χ0) is 22.8. The maximum absolute atomic E-state index is 9.63. The van der Waals surface area contributed by atoms with Crippen LogP contribution in [0.5, 0.6) is 11.5 Å². The van der Waals surface area contributed by atoms with E-state index in [1.807, 2.05) is 6.07 Å². The van der Waals surface area contributed by atoms with Gasteiger partial charge >= 0.3 is 0 Å². The van der Waals surface area contributed by atoms with Gasteiger partial charge in [0.2, 0.25) is 0 Å². The molecule has 8 heteroatoms. The van der Waals surface area contributed by atoms with E-state index < -0.39 is 0 Å². The number of nitrogens with one attached hydrogen (secondary N) is 2. The zero-order valence-electron chi connectivity index (χ0n) is 20.0. The van der Waals surface area contributed by atoms with Crippen molar-refractivity contribution in [1.82, 2.24) is 20.4 Å². The van der Waals surface area contributed by atoms with Gasteiger partial charge in [0, 0.05) is 57.9 Å². The van der Waals surface area contributed by atoms with E-state index in [0.717, 1.165) is 95.5 Å². The third-order valence-corrected chi connectivity index (χ3v) is 6.23. The average molecular weight is 448 g/mol. The number of ether oxygens (including phenoxy) is 2. The van der Waals surface area contributed by atoms with Crippen LogP contribution >= 0.6 is 0 Å². The molecule has 2 heterocycles. The van der Waals surface area contributed by atoms with Crippen LogP contribution in [0.1, 0.15) is 38.2 Å². The highest BCUT2D eigenvalue weighted by Gasteiger charge is 2.23. The number of aliphatic hydroxyl groups excluding tert-OH is 1. The van der Waals surface area contributed by atoms with Crippen molar-refractivity contribution in [1.29, 1.82) is 0 Å². The molecule has 1 aromatic carbocycles. The number of piperidine rings is 1. The number of hydrogen-bond acceptors (Lipinski definition) is 6. The van der Waals surface area contributed by atoms with Crippen molar-refractivity contribution in [3.63, 3.8) is 0 Å². The molecule has 180 valence electrons. The van der Waals surface area contributed by atoms with Crippen LogP contribution in [-0.4, -0.2) is 93.0 Å². The van der Waals surface area contributed by atoms with Gasteiger partial charge in [-0.1, -0.05) is 0 Å². The molecule has 2 aliphatic heterocycles. The SMILES string of the molecule is CCNC(=NCCCN1CCC(O)CC1)NC1CCN(Cc2cc(OC)cc(OC)c2)C1. The Morgan fingerprint density at radius 3 is 2.41 bits per heavy atom. The first-order valence-electron chi connectivity index (χ1n) is 12.0. The normalized spacial score (nSPS) is 21.0. The monoisotopic (exact) mass is 447 g/mol. The van der Waals surface area contributed by atoms with Crippen LogP contribution in [-0.2, 0) is 6.54 Å². The number of rotatable bonds is 10. The van der Waals surface area contributed by atoms with Gasteiger partial charge in [-0.25, -0.2) is 0 Å². The smallest absolute Gasteiger partial charge is 0.191 e. The molecule has 0 bridgehead atoms. The van der Waals surface area contributed by atoms with Crippen molar-refractivity contribution in [3.8, 4) is 11.5 Å². The number of benzene rings is 1. The van der Waals surface area contributed by atoms with Crippen molar-refractivity contribution < 1.29 is 14.6 Å². The molecule has 0 radical (unpaired) electrons. The zero-order valence-corrected chi connectivity index (χ0v) is 20.0. The predicted molar refractivity (Wildman–Crippen MR) is 129 cm³/mol. The van der Waals surface area contributed by atoms with Crippen molar-refractivity contribution >= 4 is 5.96 Å². The molecule has 0 aromatic heterocycles. The van der Waals surface area contributed by atoms with Crippen LogP contribution < -0.4 is 20.1 Å². The van der Waals surface area contributed by atoms with Gasteiger partial charge in [0.25, 0.3) is 0 Å². The van der Waals surface area contributed by atoms with E-state index in [-0.39, 0.29) is 6.10 Å². The summed E-state index contributed by atoms with van der Waals surface area (Å²) in [5.74, 6) is 2.57. The lowest BCUT2D eigenvalue weighted by molar-refractivity contribution is 0.0824. The third-order valence-electron chi connectivity index (χ3n) is 6.23. The maximum atomic E-state index is 9.63. The van der Waals surface area contributed by atoms with E-state index in [1.165, 1.54) is 5.56 Å². The van der Waals surface area contributed by atoms with Gasteiger partial charge in [-0.2, -0.15) is 0 Å². The molecule has 1 aromatic rings. The molecule has 0 spiro atoms. The molecule has 32 heavy (non-hydrogen) atoms. The minimum absolute atomic E-state index is 0.106. The lowest BCUT2D eigenvalue weighted by atomic mass is 10.1. The minimum Gasteiger partial charge on any atom is -0.497 e. The number of guanidine groups is 1. The Bertz CT molecular complexity index is 699. The number of methoxy groups -OCH3 is 2. The summed E-state index contributed by atoms with van der Waals surface area (Å²) >= 11 is 0. The number of likely N-dealkylation sites (tertiary alicyclic amines) is 2. The first-order chi connectivity index (χ1) is 15.6. The summed E-state index contributed by atoms with van der Waals surface area (Å²) in [7, 11) is 3.37. The molecule has 2 aliphatic rings. The van der Waals surface area contributed by atoms with E-state index in [4.69, 9.17) is 14.5 Å². The molecule has 1 atom stereocenters. The van der Waals surface area contributed by atoms with Crippen molar-refractivity contribution in [2.24, 2.45) is 4.99 Å². The maximum Gasteiger partial charge on any atom is 0.191 e. The summed E-state index contributed by atoms with van der Waals surface area (Å²) in [6.07, 6.45) is 3.83. The fraction of sp³-hybridized carbons (Fsp3) is 0.708. The van der Waals surface area contributed by atoms with E-state index in [2.05, 4.69) is 39.5 Å². The second kappa shape index (κ2) is 12.9. The summed E-state index contributed by atoms with van der Waals surface area (Å²) < 4.78 is 10.8. The second-order valence-electron chi connectivity index (χ2n) is 8.77. The van der Waals surface area contributed by atoms with E-state index in [9.17, 15) is 5.11 Å². The summed E-state index contributed by atoms with van der Waals surface area (Å²) in [5.41, 5.74) is 1.20. The van der Waals surface area contributed by atoms with Crippen molar-refractivity contribution in [3.05, 3.63) is 23.8 Å². The topological polar surface area (TPSA) is 81.6 Å². The predicted octanol–water partition coefficient (Wildman–Crippen LogP) is 1.68. The largest absolute Gasteiger partial charge is 0.497 e. The Kier molecular flexibility index (Phi) is 9.89. The summed E-state index contributed by atoms with van der Waals surface area (Å²) in [6.45, 7) is 9.75. The summed E-state index contributed by atoms with van der Waals surface area (Å²) in [4.78, 5) is 9.69. The fourth-order valence-electron chi connectivity index (χ4n) is 4.45. The molecule has 0 amide bonds. The Balaban J connectivity index is 1.44. The molecule has 8 nitrogen and oxygen atoms in total. The van der Waals surface area contributed by atoms with Gasteiger partial charge in [0.1, 0.15) is 11.5 Å². The van der Waals surface area contributed by atoms with Crippen LogP contribution in [0.4, 0.5) is 0 Å². The van der Waals surface area contributed by atoms with E-state index >= 15 is 0 Å². The van der Waals surface area contributed by atoms with Gasteiger partial charge in [0.15, 0.2) is 5.96 Å². The van der Waals surface area contributed by atoms with Gasteiger partial charge in [-0.15, -0.1) is 0 Å². The standard InChI is InChI=1S/C24H41N5O3/c1-4-25-24(26-9-5-10-28-12-7-21(30)8-13-28)27-20-6-11-29(18-20)17-19-14-22(31-2)16-23(15-19)32-3/h14-16,20-21,30H,4-13,17-18H2,1-3H3,(H2,25,26,27). The molecule has 0 aliphatic carbocycles. The van der Waals surface area contributed by atoms with Crippen molar-refractivity contribution in [2.45, 2.75) is 51.3 Å². The summed E-state index contributed by atoms with van der Waals surface area (Å²) in [5, 5.41) is 16.6. The van der Waals surface area contributed by atoms with Crippen LogP contribution in [0.15, 0.2) is 23.2 Å². The van der Waals surface area contributed by atoms with E-state index in [0.29, 0.717) is 6.04 Å². The number of aliphatic hydroxyl groups is 1. The highest BCUT2D eigenvalue weighted by atomic mass is 16.5. The number of nitrogens with zero attached hydrogens (tertiary/aromatic N) is 3. The fourth-order valence-corrected chi connectivity index (χ4v) is 4.45. The van der Waals surface area contributed by atoms with Crippen LogP contribution in [0, 0.1) is 0 Å². The first kappa shape index (κ1) is 24.6. The van der Waals surface area contributed by atoms with Gasteiger partial charge in [-0.3, -0.25) is 9.89 Å². The Morgan fingerprint density at radius 2 is 1.75 bits per heavy atom. The summed E-state index contributed by atoms with van der Waals surface area (Å²) in [6, 6.07) is 6.46. The third kappa shape index (κ3) is 7.83. The lowest BCUT2D eigenvalue weighted by Crippen LogP contribution is -2.44. The molecule has 2 fully saturated rings. The van der Waals surface area contributed by atoms with Gasteiger partial charge < -0.3 is 30.1 Å². The lowest BCUT2D eigenvalue weighted by Gasteiger charge is -2.29. The molecule has 3 rings (SSSR count). The number of hydrogen-bond donors (Lipinski definition) is 3. The Hall–Kier alpha value is -2.03. The first-order valence-corrected chi connectivity index (χ1v) is 12.0. The van der Waals surface area contributed by atoms with Crippen LogP contribution in [0.3, 0.4) is 0 Å². The Labute approximate surface area is 193 Å². The molecule has 0 saturated carbocycles. The quantitative estimate of drug-likeness (QED) is 0.286. The highest BCUT2D eigenvalue weighted by molar-refractivity contribution is 5.80. The molecular weight excluding hydrogens is 406 g/mol. The molecule has 2 saturated heterocycles. The number of aliphatic imine (C=N–C) groups is 1. The molecule has 1 unspecified atom stereocenters. The minimum atomic E-state index is -0.106. The molecular formula is C24H41N5O3. The van der Waals surface area contributed by atoms with Gasteiger partial charge in [0.05, 0.1) is 20.3 Å².